The zero-order valence-corrected chi connectivity index (χ0v) is 15.3. The molecule has 0 aliphatic carbocycles. The topological polar surface area (TPSA) is 30.9 Å². The first-order chi connectivity index (χ1) is 10.7. The molecule has 1 unspecified atom stereocenters. The zero-order chi connectivity index (χ0) is 16.0. The van der Waals surface area contributed by atoms with Crippen LogP contribution in [0.2, 0.25) is 0 Å². The van der Waals surface area contributed by atoms with Crippen molar-refractivity contribution in [2.75, 3.05) is 41.0 Å². The lowest BCUT2D eigenvalue weighted by atomic mass is 9.97. The van der Waals surface area contributed by atoms with E-state index < -0.39 is 8.80 Å². The zero-order valence-electron chi connectivity index (χ0n) is 14.3. The molecule has 1 atom stereocenters. The highest BCUT2D eigenvalue weighted by atomic mass is 28.4. The van der Waals surface area contributed by atoms with Gasteiger partial charge >= 0.3 is 8.80 Å². The highest BCUT2D eigenvalue weighted by Gasteiger charge is 2.38. The Morgan fingerprint density at radius 3 is 2.27 bits per heavy atom. The summed E-state index contributed by atoms with van der Waals surface area (Å²) in [5.41, 5.74) is 2.66. The van der Waals surface area contributed by atoms with E-state index in [0.29, 0.717) is 12.0 Å². The normalized spacial score (nSPS) is 19.7. The van der Waals surface area contributed by atoms with Crippen molar-refractivity contribution in [1.82, 2.24) is 4.90 Å². The fourth-order valence-corrected chi connectivity index (χ4v) is 4.92. The van der Waals surface area contributed by atoms with Gasteiger partial charge in [-0.1, -0.05) is 31.2 Å². The monoisotopic (exact) mass is 323 g/mol. The second kappa shape index (κ2) is 8.22. The van der Waals surface area contributed by atoms with Gasteiger partial charge < -0.3 is 18.2 Å². The number of likely N-dealkylation sites (tertiary alicyclic amines) is 1. The third-order valence-electron chi connectivity index (χ3n) is 4.62. The van der Waals surface area contributed by atoms with Gasteiger partial charge in [0.25, 0.3) is 0 Å². The molecule has 22 heavy (non-hydrogen) atoms. The van der Waals surface area contributed by atoms with Crippen molar-refractivity contribution in [3.8, 4) is 0 Å². The van der Waals surface area contributed by atoms with Crippen LogP contribution >= 0.6 is 0 Å². The van der Waals surface area contributed by atoms with E-state index in [0.717, 1.165) is 0 Å². The molecular formula is C17H29NO3Si. The van der Waals surface area contributed by atoms with Crippen LogP contribution in [0.4, 0.5) is 0 Å². The number of nitrogens with zero attached hydrogens (tertiary/aromatic N) is 1. The molecule has 1 heterocycles. The first-order valence-electron chi connectivity index (χ1n) is 8.13. The van der Waals surface area contributed by atoms with E-state index in [9.17, 15) is 0 Å². The van der Waals surface area contributed by atoms with Crippen LogP contribution in [0.1, 0.15) is 36.8 Å². The van der Waals surface area contributed by atoms with E-state index in [-0.39, 0.29) is 0 Å². The molecule has 0 aromatic heterocycles. The molecule has 1 aliphatic rings. The number of rotatable bonds is 8. The van der Waals surface area contributed by atoms with Crippen molar-refractivity contribution in [3.63, 3.8) is 0 Å². The van der Waals surface area contributed by atoms with E-state index in [1.165, 1.54) is 43.6 Å². The quantitative estimate of drug-likeness (QED) is 0.688. The van der Waals surface area contributed by atoms with Gasteiger partial charge in [-0.3, -0.25) is 0 Å². The molecule has 4 nitrogen and oxygen atoms in total. The highest BCUT2D eigenvalue weighted by Crippen LogP contribution is 2.28. The van der Waals surface area contributed by atoms with Crippen LogP contribution in [0, 0.1) is 0 Å². The van der Waals surface area contributed by atoms with Crippen molar-refractivity contribution in [1.29, 1.82) is 0 Å². The second-order valence-corrected chi connectivity index (χ2v) is 8.94. The van der Waals surface area contributed by atoms with Crippen LogP contribution in [0.15, 0.2) is 24.3 Å². The lowest BCUT2D eigenvalue weighted by Crippen LogP contribution is -2.45. The van der Waals surface area contributed by atoms with Crippen molar-refractivity contribution < 1.29 is 13.3 Å². The third-order valence-corrected chi connectivity index (χ3v) is 7.32. The van der Waals surface area contributed by atoms with Crippen molar-refractivity contribution >= 4 is 8.80 Å². The molecule has 1 aromatic rings. The molecule has 0 amide bonds. The minimum atomic E-state index is -2.54. The minimum Gasteiger partial charge on any atom is -0.377 e. The van der Waals surface area contributed by atoms with E-state index in [2.05, 4.69) is 36.1 Å². The standard InChI is InChI=1S/C17H29NO3Si/c1-5-11-18-12-10-17(13-18)16-8-6-15(7-9-16)14-22(19-2,20-3)21-4/h6-9,17H,5,10-14H2,1-4H3. The van der Waals surface area contributed by atoms with Gasteiger partial charge in [0.05, 0.1) is 0 Å². The summed E-state index contributed by atoms with van der Waals surface area (Å²) in [6.07, 6.45) is 2.51. The molecule has 0 bridgehead atoms. The van der Waals surface area contributed by atoms with Gasteiger partial charge in [-0.2, -0.15) is 0 Å². The van der Waals surface area contributed by atoms with Gasteiger partial charge in [0.2, 0.25) is 0 Å². The van der Waals surface area contributed by atoms with Gasteiger partial charge in [-0.15, -0.1) is 0 Å². The lowest BCUT2D eigenvalue weighted by Gasteiger charge is -2.24. The average molecular weight is 324 g/mol. The molecule has 0 N–H and O–H groups in total. The van der Waals surface area contributed by atoms with Crippen LogP contribution in [-0.2, 0) is 19.3 Å². The molecule has 1 saturated heterocycles. The second-order valence-electron chi connectivity index (χ2n) is 6.00. The van der Waals surface area contributed by atoms with Gasteiger partial charge in [-0.25, -0.2) is 0 Å². The summed E-state index contributed by atoms with van der Waals surface area (Å²) in [5, 5.41) is 0. The molecule has 124 valence electrons. The fourth-order valence-electron chi connectivity index (χ4n) is 3.25. The van der Waals surface area contributed by atoms with Crippen molar-refractivity contribution in [2.45, 2.75) is 31.7 Å². The molecule has 5 heteroatoms. The lowest BCUT2D eigenvalue weighted by molar-refractivity contribution is 0.122. The Morgan fingerprint density at radius 2 is 1.73 bits per heavy atom. The van der Waals surface area contributed by atoms with Crippen LogP contribution in [0.25, 0.3) is 0 Å². The maximum absolute atomic E-state index is 5.50. The summed E-state index contributed by atoms with van der Waals surface area (Å²) in [5.74, 6) is 0.676. The molecule has 0 radical (unpaired) electrons. The summed E-state index contributed by atoms with van der Waals surface area (Å²) in [7, 11) is 2.45. The summed E-state index contributed by atoms with van der Waals surface area (Å²) < 4.78 is 16.5. The molecular weight excluding hydrogens is 294 g/mol. The molecule has 0 saturated carbocycles. The van der Waals surface area contributed by atoms with Crippen LogP contribution < -0.4 is 0 Å². The number of hydrogen-bond acceptors (Lipinski definition) is 4. The Labute approximate surface area is 135 Å². The van der Waals surface area contributed by atoms with Crippen molar-refractivity contribution in [3.05, 3.63) is 35.4 Å². The van der Waals surface area contributed by atoms with Gasteiger partial charge in [0, 0.05) is 33.9 Å². The SMILES string of the molecule is CCCN1CCC(c2ccc(C[Si](OC)(OC)OC)cc2)C1. The predicted molar refractivity (Wildman–Crippen MR) is 91.0 cm³/mol. The highest BCUT2D eigenvalue weighted by molar-refractivity contribution is 6.60. The van der Waals surface area contributed by atoms with Gasteiger partial charge in [-0.05, 0) is 43.0 Å². The Bertz CT molecular complexity index is 439. The van der Waals surface area contributed by atoms with Crippen molar-refractivity contribution in [2.24, 2.45) is 0 Å². The van der Waals surface area contributed by atoms with Gasteiger partial charge in [0.15, 0.2) is 0 Å². The molecule has 1 aromatic carbocycles. The largest absolute Gasteiger partial charge is 0.504 e. The molecule has 0 spiro atoms. The Kier molecular flexibility index (Phi) is 6.59. The summed E-state index contributed by atoms with van der Waals surface area (Å²) in [6.45, 7) is 5.89. The van der Waals surface area contributed by atoms with E-state index in [1.54, 1.807) is 21.3 Å². The summed E-state index contributed by atoms with van der Waals surface area (Å²) >= 11 is 0. The van der Waals surface area contributed by atoms with Crippen LogP contribution in [0.3, 0.4) is 0 Å². The number of hydrogen-bond donors (Lipinski definition) is 0. The Hall–Kier alpha value is -0.723. The summed E-state index contributed by atoms with van der Waals surface area (Å²) in [4.78, 5) is 2.57. The molecule has 2 rings (SSSR count). The average Bonchev–Trinajstić information content (AvgIpc) is 3.02. The first-order valence-corrected chi connectivity index (χ1v) is 10.1. The molecule has 1 fully saturated rings. The number of benzene rings is 1. The van der Waals surface area contributed by atoms with E-state index in [1.807, 2.05) is 0 Å². The fraction of sp³-hybridized carbons (Fsp3) is 0.647. The van der Waals surface area contributed by atoms with Crippen LogP contribution in [-0.4, -0.2) is 54.7 Å². The first kappa shape index (κ1) is 17.6. The predicted octanol–water partition coefficient (Wildman–Crippen LogP) is 2.85. The Balaban J connectivity index is 1.99. The maximum atomic E-state index is 5.50. The smallest absolute Gasteiger partial charge is 0.377 e. The molecule has 1 aliphatic heterocycles. The third kappa shape index (κ3) is 4.17. The van der Waals surface area contributed by atoms with E-state index >= 15 is 0 Å². The maximum Gasteiger partial charge on any atom is 0.504 e. The summed E-state index contributed by atoms with van der Waals surface area (Å²) in [6, 6.07) is 9.61. The van der Waals surface area contributed by atoms with Crippen LogP contribution in [0.5, 0.6) is 0 Å². The van der Waals surface area contributed by atoms with Gasteiger partial charge in [0.1, 0.15) is 0 Å². The minimum absolute atomic E-state index is 0.676. The Morgan fingerprint density at radius 1 is 1.09 bits per heavy atom. The van der Waals surface area contributed by atoms with E-state index in [4.69, 9.17) is 13.3 Å².